The average molecular weight is 288 g/mol. The number of nitrogens with zero attached hydrogens (tertiary/aromatic N) is 1. The van der Waals surface area contributed by atoms with Crippen LogP contribution < -0.4 is 10.6 Å². The van der Waals surface area contributed by atoms with E-state index < -0.39 is 0 Å². The zero-order valence-corrected chi connectivity index (χ0v) is 11.5. The number of carbonyl (C=O) groups is 1. The molecule has 2 N–H and O–H groups in total. The predicted molar refractivity (Wildman–Crippen MR) is 80.0 cm³/mol. The minimum atomic E-state index is -0.122. The second-order valence-corrected chi connectivity index (χ2v) is 5.17. The summed E-state index contributed by atoms with van der Waals surface area (Å²) in [5.74, 6) is 0.230. The van der Waals surface area contributed by atoms with Gasteiger partial charge in [-0.3, -0.25) is 4.79 Å². The number of para-hydroxylation sites is 1. The molecule has 0 bridgehead atoms. The molecular weight excluding hydrogens is 274 g/mol. The van der Waals surface area contributed by atoms with Crippen LogP contribution >= 0.6 is 11.6 Å². The second-order valence-electron chi connectivity index (χ2n) is 4.76. The van der Waals surface area contributed by atoms with Crippen LogP contribution in [0.5, 0.6) is 0 Å². The predicted octanol–water partition coefficient (Wildman–Crippen LogP) is 2.96. The molecule has 0 saturated carbocycles. The molecule has 0 spiro atoms. The van der Waals surface area contributed by atoms with Crippen LogP contribution in [0.15, 0.2) is 42.6 Å². The van der Waals surface area contributed by atoms with Crippen LogP contribution in [0.3, 0.4) is 0 Å². The molecule has 4 nitrogen and oxygen atoms in total. The highest BCUT2D eigenvalue weighted by molar-refractivity contribution is 6.33. The molecule has 0 aliphatic carbocycles. The number of hydrogen-bond donors (Lipinski definition) is 2. The number of benzene rings is 1. The fourth-order valence-electron chi connectivity index (χ4n) is 2.32. The lowest BCUT2D eigenvalue weighted by Gasteiger charge is -2.25. The zero-order valence-electron chi connectivity index (χ0n) is 10.8. The van der Waals surface area contributed by atoms with Gasteiger partial charge in [-0.15, -0.1) is 0 Å². The number of carbonyl (C=O) groups excluding carboxylic acids is 1. The Hall–Kier alpha value is -2.07. The van der Waals surface area contributed by atoms with Gasteiger partial charge in [0.15, 0.2) is 5.82 Å². The molecule has 1 unspecified atom stereocenters. The Morgan fingerprint density at radius 1 is 1.30 bits per heavy atom. The number of halogens is 1. The topological polar surface area (TPSA) is 54.0 Å². The van der Waals surface area contributed by atoms with E-state index in [1.54, 1.807) is 18.3 Å². The molecule has 1 aromatic heterocycles. The molecule has 1 amide bonds. The summed E-state index contributed by atoms with van der Waals surface area (Å²) in [5.41, 5.74) is 2.26. The lowest BCUT2D eigenvalue weighted by Crippen LogP contribution is -2.34. The Labute approximate surface area is 122 Å². The molecule has 0 saturated heterocycles. The molecule has 2 aromatic rings. The highest BCUT2D eigenvalue weighted by atomic mass is 35.5. The van der Waals surface area contributed by atoms with Crippen LogP contribution in [0.1, 0.15) is 5.56 Å². The molecule has 102 valence electrons. The Morgan fingerprint density at radius 2 is 2.15 bits per heavy atom. The monoisotopic (exact) mass is 287 g/mol. The number of fused-ring (bicyclic) bond motifs is 1. The summed E-state index contributed by atoms with van der Waals surface area (Å²) < 4.78 is 0. The summed E-state index contributed by atoms with van der Waals surface area (Å²) in [6.45, 7) is 0.618. The summed E-state index contributed by atoms with van der Waals surface area (Å²) in [5, 5.41) is 6.52. The van der Waals surface area contributed by atoms with Crippen LogP contribution in [0.2, 0.25) is 5.02 Å². The first-order valence-electron chi connectivity index (χ1n) is 6.47. The number of amides is 1. The van der Waals surface area contributed by atoms with Gasteiger partial charge in [0.25, 0.3) is 0 Å². The van der Waals surface area contributed by atoms with E-state index in [0.29, 0.717) is 17.4 Å². The maximum atomic E-state index is 12.3. The SMILES string of the molecule is O=C(Nc1ncccc1Cl)C1CNc2ccccc2C1. The summed E-state index contributed by atoms with van der Waals surface area (Å²) in [7, 11) is 0. The number of aromatic nitrogens is 1. The number of pyridine rings is 1. The molecule has 5 heteroatoms. The summed E-state index contributed by atoms with van der Waals surface area (Å²) >= 11 is 6.00. The van der Waals surface area contributed by atoms with Gasteiger partial charge in [0.05, 0.1) is 10.9 Å². The molecule has 0 radical (unpaired) electrons. The van der Waals surface area contributed by atoms with Crippen molar-refractivity contribution in [1.82, 2.24) is 4.98 Å². The Balaban J connectivity index is 1.72. The van der Waals surface area contributed by atoms with E-state index in [9.17, 15) is 4.79 Å². The smallest absolute Gasteiger partial charge is 0.230 e. The third-order valence-corrected chi connectivity index (χ3v) is 3.70. The molecule has 1 aliphatic rings. The van der Waals surface area contributed by atoms with Crippen LogP contribution in [0.4, 0.5) is 11.5 Å². The molecule has 1 aromatic carbocycles. The van der Waals surface area contributed by atoms with Crippen molar-refractivity contribution in [2.75, 3.05) is 17.2 Å². The summed E-state index contributed by atoms with van der Waals surface area (Å²) in [6.07, 6.45) is 2.33. The highest BCUT2D eigenvalue weighted by Gasteiger charge is 2.24. The maximum Gasteiger partial charge on any atom is 0.230 e. The van der Waals surface area contributed by atoms with Gasteiger partial charge in [-0.2, -0.15) is 0 Å². The lowest BCUT2D eigenvalue weighted by atomic mass is 9.93. The second kappa shape index (κ2) is 5.51. The van der Waals surface area contributed by atoms with Gasteiger partial charge in [0.1, 0.15) is 0 Å². The third-order valence-electron chi connectivity index (χ3n) is 3.39. The number of nitrogens with one attached hydrogen (secondary N) is 2. The van der Waals surface area contributed by atoms with Gasteiger partial charge in [0, 0.05) is 18.4 Å². The minimum absolute atomic E-state index is 0.0624. The fourth-order valence-corrected chi connectivity index (χ4v) is 2.49. The molecule has 2 heterocycles. The van der Waals surface area contributed by atoms with Gasteiger partial charge in [-0.1, -0.05) is 29.8 Å². The first kappa shape index (κ1) is 12.9. The van der Waals surface area contributed by atoms with Crippen molar-refractivity contribution in [2.45, 2.75) is 6.42 Å². The van der Waals surface area contributed by atoms with Crippen molar-refractivity contribution in [3.05, 3.63) is 53.2 Å². The van der Waals surface area contributed by atoms with E-state index in [2.05, 4.69) is 15.6 Å². The lowest BCUT2D eigenvalue weighted by molar-refractivity contribution is -0.119. The molecule has 1 aliphatic heterocycles. The minimum Gasteiger partial charge on any atom is -0.384 e. The molecule has 0 fully saturated rings. The number of anilines is 2. The van der Waals surface area contributed by atoms with Gasteiger partial charge in [-0.05, 0) is 30.2 Å². The Kier molecular flexibility index (Phi) is 3.56. The molecule has 1 atom stereocenters. The van der Waals surface area contributed by atoms with E-state index in [0.717, 1.165) is 17.7 Å². The van der Waals surface area contributed by atoms with Crippen molar-refractivity contribution >= 4 is 29.0 Å². The largest absolute Gasteiger partial charge is 0.384 e. The number of hydrogen-bond acceptors (Lipinski definition) is 3. The summed E-state index contributed by atoms with van der Waals surface area (Å²) in [6, 6.07) is 11.5. The van der Waals surface area contributed by atoms with Crippen LogP contribution in [0, 0.1) is 5.92 Å². The van der Waals surface area contributed by atoms with Gasteiger partial charge >= 0.3 is 0 Å². The normalized spacial score (nSPS) is 16.9. The average Bonchev–Trinajstić information content (AvgIpc) is 2.49. The fraction of sp³-hybridized carbons (Fsp3) is 0.200. The van der Waals surface area contributed by atoms with E-state index in [1.165, 1.54) is 0 Å². The van der Waals surface area contributed by atoms with Gasteiger partial charge < -0.3 is 10.6 Å². The number of rotatable bonds is 2. The zero-order chi connectivity index (χ0) is 13.9. The Morgan fingerprint density at radius 3 is 3.00 bits per heavy atom. The first-order valence-corrected chi connectivity index (χ1v) is 6.85. The Bertz CT molecular complexity index is 645. The van der Waals surface area contributed by atoms with Crippen LogP contribution in [-0.4, -0.2) is 17.4 Å². The van der Waals surface area contributed by atoms with E-state index in [-0.39, 0.29) is 11.8 Å². The van der Waals surface area contributed by atoms with Crippen LogP contribution in [-0.2, 0) is 11.2 Å². The molecule has 20 heavy (non-hydrogen) atoms. The third kappa shape index (κ3) is 2.60. The van der Waals surface area contributed by atoms with Gasteiger partial charge in [-0.25, -0.2) is 4.98 Å². The van der Waals surface area contributed by atoms with Crippen molar-refractivity contribution in [1.29, 1.82) is 0 Å². The highest BCUT2D eigenvalue weighted by Crippen LogP contribution is 2.25. The van der Waals surface area contributed by atoms with Crippen molar-refractivity contribution in [3.63, 3.8) is 0 Å². The quantitative estimate of drug-likeness (QED) is 0.893. The van der Waals surface area contributed by atoms with Crippen LogP contribution in [0.25, 0.3) is 0 Å². The maximum absolute atomic E-state index is 12.3. The van der Waals surface area contributed by atoms with E-state index in [4.69, 9.17) is 11.6 Å². The van der Waals surface area contributed by atoms with Crippen molar-refractivity contribution in [3.8, 4) is 0 Å². The van der Waals surface area contributed by atoms with E-state index >= 15 is 0 Å². The standard InChI is InChI=1S/C15H14ClN3O/c16-12-5-3-7-17-14(12)19-15(20)11-8-10-4-1-2-6-13(10)18-9-11/h1-7,11,18H,8-9H2,(H,17,19,20). The first-order chi connectivity index (χ1) is 9.74. The molecule has 3 rings (SSSR count). The van der Waals surface area contributed by atoms with Crippen molar-refractivity contribution < 1.29 is 4.79 Å². The van der Waals surface area contributed by atoms with Crippen molar-refractivity contribution in [2.24, 2.45) is 5.92 Å². The molecular formula is C15H14ClN3O. The van der Waals surface area contributed by atoms with E-state index in [1.807, 2.05) is 24.3 Å². The van der Waals surface area contributed by atoms with Gasteiger partial charge in [0.2, 0.25) is 5.91 Å². The summed E-state index contributed by atoms with van der Waals surface area (Å²) in [4.78, 5) is 16.4.